The quantitative estimate of drug-likeness (QED) is 0.489. The summed E-state index contributed by atoms with van der Waals surface area (Å²) in [7, 11) is 0. The fourth-order valence-electron chi connectivity index (χ4n) is 3.40. The third-order valence-corrected chi connectivity index (χ3v) is 4.73. The van der Waals surface area contributed by atoms with Gasteiger partial charge in [-0.05, 0) is 18.1 Å². The van der Waals surface area contributed by atoms with E-state index >= 15 is 0 Å². The Hall–Kier alpha value is -3.87. The van der Waals surface area contributed by atoms with Crippen LogP contribution in [0, 0.1) is 6.92 Å². The molecule has 2 aromatic carbocycles. The third-order valence-electron chi connectivity index (χ3n) is 4.73. The van der Waals surface area contributed by atoms with E-state index in [1.54, 1.807) is 4.52 Å². The van der Waals surface area contributed by atoms with Gasteiger partial charge in [0.25, 0.3) is 5.56 Å². The highest BCUT2D eigenvalue weighted by atomic mass is 16.1. The molecule has 0 amide bonds. The predicted octanol–water partition coefficient (Wildman–Crippen LogP) is 2.86. The lowest BCUT2D eigenvalue weighted by atomic mass is 10.1. The molecule has 0 atom stereocenters. The predicted molar refractivity (Wildman–Crippen MR) is 106 cm³/mol. The summed E-state index contributed by atoms with van der Waals surface area (Å²) in [6, 6.07) is 19.7. The highest BCUT2D eigenvalue weighted by Crippen LogP contribution is 2.27. The van der Waals surface area contributed by atoms with E-state index in [1.807, 2.05) is 67.6 Å². The Labute approximate surface area is 159 Å². The van der Waals surface area contributed by atoms with Gasteiger partial charge in [-0.3, -0.25) is 9.36 Å². The molecule has 5 rings (SSSR count). The van der Waals surface area contributed by atoms with Crippen molar-refractivity contribution in [3.63, 3.8) is 0 Å². The van der Waals surface area contributed by atoms with E-state index < -0.39 is 0 Å². The number of hydrogen-bond acceptors (Lipinski definition) is 5. The van der Waals surface area contributed by atoms with Gasteiger partial charge < -0.3 is 0 Å². The molecule has 0 aliphatic carbocycles. The Bertz CT molecular complexity index is 1360. The second kappa shape index (κ2) is 6.38. The Kier molecular flexibility index (Phi) is 3.72. The van der Waals surface area contributed by atoms with E-state index in [0.717, 1.165) is 22.4 Å². The maximum Gasteiger partial charge on any atom is 0.283 e. The van der Waals surface area contributed by atoms with Gasteiger partial charge in [-0.2, -0.15) is 9.61 Å². The monoisotopic (exact) mass is 368 g/mol. The summed E-state index contributed by atoms with van der Waals surface area (Å²) in [5, 5.41) is 13.1. The van der Waals surface area contributed by atoms with Crippen molar-refractivity contribution in [2.24, 2.45) is 0 Å². The van der Waals surface area contributed by atoms with E-state index in [9.17, 15) is 4.79 Å². The Morgan fingerprint density at radius 2 is 1.61 bits per heavy atom. The molecule has 5 aromatic rings. The lowest BCUT2D eigenvalue weighted by molar-refractivity contribution is 0.737. The molecule has 0 N–H and O–H groups in total. The number of aryl methyl sites for hydroxylation is 1. The average molecular weight is 368 g/mol. The Morgan fingerprint density at radius 1 is 0.893 bits per heavy atom. The molecule has 7 nitrogen and oxygen atoms in total. The lowest BCUT2D eigenvalue weighted by Crippen LogP contribution is -2.23. The zero-order chi connectivity index (χ0) is 19.1. The van der Waals surface area contributed by atoms with Crippen LogP contribution in [0.3, 0.4) is 0 Å². The van der Waals surface area contributed by atoms with E-state index in [4.69, 9.17) is 0 Å². The molecule has 0 saturated heterocycles. The molecular weight excluding hydrogens is 352 g/mol. The molecule has 0 saturated carbocycles. The summed E-state index contributed by atoms with van der Waals surface area (Å²) in [6.45, 7) is 2.34. The summed E-state index contributed by atoms with van der Waals surface area (Å²) < 4.78 is 3.14. The topological polar surface area (TPSA) is 78.0 Å². The number of benzene rings is 2. The first-order valence-corrected chi connectivity index (χ1v) is 8.93. The van der Waals surface area contributed by atoms with Crippen molar-refractivity contribution < 1.29 is 0 Å². The molecule has 0 aliphatic rings. The maximum absolute atomic E-state index is 12.9. The van der Waals surface area contributed by atoms with Gasteiger partial charge in [0, 0.05) is 0 Å². The van der Waals surface area contributed by atoms with Crippen LogP contribution >= 0.6 is 0 Å². The molecule has 0 aliphatic heterocycles. The highest BCUT2D eigenvalue weighted by molar-refractivity contribution is 5.83. The van der Waals surface area contributed by atoms with Gasteiger partial charge in [-0.1, -0.05) is 60.7 Å². The van der Waals surface area contributed by atoms with Crippen LogP contribution in [0.4, 0.5) is 0 Å². The van der Waals surface area contributed by atoms with Gasteiger partial charge in [0.1, 0.15) is 6.33 Å². The fourth-order valence-corrected chi connectivity index (χ4v) is 3.40. The van der Waals surface area contributed by atoms with E-state index in [1.165, 1.54) is 10.9 Å². The number of fused-ring (bicyclic) bond motifs is 3. The van der Waals surface area contributed by atoms with Crippen LogP contribution in [0.5, 0.6) is 0 Å². The minimum atomic E-state index is -0.238. The number of rotatable bonds is 3. The smallest absolute Gasteiger partial charge is 0.283 e. The first kappa shape index (κ1) is 16.3. The highest BCUT2D eigenvalue weighted by Gasteiger charge is 2.18. The molecule has 7 heteroatoms. The molecule has 3 heterocycles. The number of aromatic nitrogens is 6. The molecule has 0 radical (unpaired) electrons. The van der Waals surface area contributed by atoms with Crippen LogP contribution < -0.4 is 5.56 Å². The first-order valence-electron chi connectivity index (χ1n) is 8.93. The zero-order valence-corrected chi connectivity index (χ0v) is 15.1. The molecule has 136 valence electrons. The van der Waals surface area contributed by atoms with Crippen molar-refractivity contribution >= 4 is 16.8 Å². The summed E-state index contributed by atoms with van der Waals surface area (Å²) in [4.78, 5) is 17.4. The van der Waals surface area contributed by atoms with Gasteiger partial charge in [0.15, 0.2) is 16.8 Å². The van der Waals surface area contributed by atoms with Crippen LogP contribution in [0.25, 0.3) is 27.9 Å². The van der Waals surface area contributed by atoms with Gasteiger partial charge in [-0.15, -0.1) is 10.2 Å². The first-order chi connectivity index (χ1) is 13.7. The van der Waals surface area contributed by atoms with Crippen molar-refractivity contribution in [3.8, 4) is 11.1 Å². The van der Waals surface area contributed by atoms with Crippen LogP contribution in [0.2, 0.25) is 0 Å². The molecule has 0 unspecified atom stereocenters. The van der Waals surface area contributed by atoms with E-state index in [0.29, 0.717) is 17.8 Å². The van der Waals surface area contributed by atoms with E-state index in [-0.39, 0.29) is 11.1 Å². The van der Waals surface area contributed by atoms with Crippen LogP contribution in [0.1, 0.15) is 11.3 Å². The molecule has 0 spiro atoms. The van der Waals surface area contributed by atoms with Crippen molar-refractivity contribution in [1.29, 1.82) is 0 Å². The van der Waals surface area contributed by atoms with Crippen molar-refractivity contribution in [2.75, 3.05) is 0 Å². The van der Waals surface area contributed by atoms with E-state index in [2.05, 4.69) is 20.3 Å². The Morgan fingerprint density at radius 3 is 2.36 bits per heavy atom. The summed E-state index contributed by atoms with van der Waals surface area (Å²) in [5.74, 6) is 0. The molecule has 0 fully saturated rings. The van der Waals surface area contributed by atoms with Crippen LogP contribution in [-0.4, -0.2) is 29.4 Å². The summed E-state index contributed by atoms with van der Waals surface area (Å²) in [6.07, 6.45) is 1.54. The summed E-state index contributed by atoms with van der Waals surface area (Å²) in [5.41, 5.74) is 4.68. The molecule has 0 bridgehead atoms. The average Bonchev–Trinajstić information content (AvgIpc) is 3.07. The number of hydrogen-bond donors (Lipinski definition) is 0. The minimum absolute atomic E-state index is 0.202. The van der Waals surface area contributed by atoms with Gasteiger partial charge in [-0.25, -0.2) is 4.98 Å². The van der Waals surface area contributed by atoms with Crippen LogP contribution in [0.15, 0.2) is 71.8 Å². The Balaban J connectivity index is 1.70. The van der Waals surface area contributed by atoms with Crippen molar-refractivity contribution in [3.05, 3.63) is 88.6 Å². The van der Waals surface area contributed by atoms with Crippen molar-refractivity contribution in [2.45, 2.75) is 13.5 Å². The second-order valence-electron chi connectivity index (χ2n) is 6.60. The minimum Gasteiger partial charge on any atom is -0.293 e. The van der Waals surface area contributed by atoms with Gasteiger partial charge in [0.05, 0.1) is 17.8 Å². The van der Waals surface area contributed by atoms with Crippen LogP contribution in [-0.2, 0) is 6.54 Å². The number of nitrogens with zero attached hydrogens (tertiary/aromatic N) is 6. The normalized spacial score (nSPS) is 11.3. The lowest BCUT2D eigenvalue weighted by Gasteiger charge is -2.06. The molecule has 3 aromatic heterocycles. The van der Waals surface area contributed by atoms with Gasteiger partial charge >= 0.3 is 0 Å². The molecule has 28 heavy (non-hydrogen) atoms. The zero-order valence-electron chi connectivity index (χ0n) is 15.1. The largest absolute Gasteiger partial charge is 0.293 e. The SMILES string of the molecule is Cc1nn2c(nnc3c(=O)n(Cc4ccccc4)cnc32)c1-c1ccccc1. The van der Waals surface area contributed by atoms with Gasteiger partial charge in [0.2, 0.25) is 0 Å². The fraction of sp³-hybridized carbons (Fsp3) is 0.0952. The van der Waals surface area contributed by atoms with Crippen molar-refractivity contribution in [1.82, 2.24) is 29.4 Å². The maximum atomic E-state index is 12.9. The second-order valence-corrected chi connectivity index (χ2v) is 6.60. The third kappa shape index (κ3) is 2.56. The standard InChI is InChI=1S/C21H16N6O/c1-14-17(16-10-6-3-7-11-16)19-24-23-18-20(27(19)25-14)22-13-26(21(18)28)12-15-8-4-2-5-9-15/h2-11,13H,12H2,1H3. The molecular formula is C21H16N6O. The summed E-state index contributed by atoms with van der Waals surface area (Å²) >= 11 is 0.